The second-order valence-corrected chi connectivity index (χ2v) is 10.6. The highest BCUT2D eigenvalue weighted by atomic mass is 32.1. The first-order valence-electron chi connectivity index (χ1n) is 11.9. The van der Waals surface area contributed by atoms with Gasteiger partial charge in [-0.1, -0.05) is 12.8 Å². The van der Waals surface area contributed by atoms with Crippen LogP contribution in [0.2, 0.25) is 0 Å². The number of aryl methyl sites for hydroxylation is 3. The number of hydrogen-bond donors (Lipinski definition) is 1. The van der Waals surface area contributed by atoms with Gasteiger partial charge in [0, 0.05) is 55.9 Å². The molecule has 33 heavy (non-hydrogen) atoms. The lowest BCUT2D eigenvalue weighted by Crippen LogP contribution is -2.49. The third-order valence-electron chi connectivity index (χ3n) is 6.98. The smallest absolute Gasteiger partial charge is 0.341 e. The van der Waals surface area contributed by atoms with E-state index >= 15 is 0 Å². The predicted octanol–water partition coefficient (Wildman–Crippen LogP) is 4.06. The van der Waals surface area contributed by atoms with Crippen molar-refractivity contribution in [3.05, 3.63) is 33.0 Å². The number of hydrogen-bond acceptors (Lipinski definition) is 6. The molecule has 1 N–H and O–H groups in total. The van der Waals surface area contributed by atoms with Gasteiger partial charge in [0.25, 0.3) is 0 Å². The fourth-order valence-electron chi connectivity index (χ4n) is 4.88. The van der Waals surface area contributed by atoms with E-state index < -0.39 is 0 Å². The molecule has 9 heteroatoms. The highest BCUT2D eigenvalue weighted by Gasteiger charge is 2.27. The summed E-state index contributed by atoms with van der Waals surface area (Å²) in [6.07, 6.45) is 6.75. The van der Waals surface area contributed by atoms with Crippen molar-refractivity contribution in [3.63, 3.8) is 0 Å². The molecule has 0 atom stereocenters. The van der Waals surface area contributed by atoms with Gasteiger partial charge in [-0.15, -0.1) is 11.3 Å². The van der Waals surface area contributed by atoms with Crippen molar-refractivity contribution in [1.82, 2.24) is 19.6 Å². The molecule has 0 aromatic carbocycles. The van der Waals surface area contributed by atoms with E-state index in [0.717, 1.165) is 62.7 Å². The number of aromatic nitrogens is 2. The van der Waals surface area contributed by atoms with Gasteiger partial charge in [-0.25, -0.2) is 4.79 Å². The largest absolute Gasteiger partial charge is 0.465 e. The van der Waals surface area contributed by atoms with Gasteiger partial charge in [0.2, 0.25) is 0 Å². The molecule has 0 radical (unpaired) electrons. The van der Waals surface area contributed by atoms with Gasteiger partial charge in [0.05, 0.1) is 18.4 Å². The zero-order valence-corrected chi connectivity index (χ0v) is 21.8. The van der Waals surface area contributed by atoms with Crippen molar-refractivity contribution in [3.8, 4) is 0 Å². The summed E-state index contributed by atoms with van der Waals surface area (Å²) in [5, 5.41) is 9.52. The molecule has 1 aliphatic heterocycles. The van der Waals surface area contributed by atoms with Crippen LogP contribution < -0.4 is 5.32 Å². The van der Waals surface area contributed by atoms with E-state index in [1.165, 1.54) is 48.1 Å². The molecule has 0 unspecified atom stereocenters. The van der Waals surface area contributed by atoms with Gasteiger partial charge in [-0.2, -0.15) is 5.10 Å². The average Bonchev–Trinajstić information content (AvgIpc) is 3.23. The SMILES string of the molecule is COC(=O)c1c(NC(=S)N2CCN(Cc3c(C)nn(C)c3C)CC2)sc2c1CCCCCC2. The number of nitrogens with zero attached hydrogens (tertiary/aromatic N) is 4. The second kappa shape index (κ2) is 10.5. The van der Waals surface area contributed by atoms with Crippen LogP contribution in [-0.2, 0) is 31.2 Å². The Morgan fingerprint density at radius 1 is 1.12 bits per heavy atom. The molecular formula is C24H35N5O2S2. The third-order valence-corrected chi connectivity index (χ3v) is 8.55. The molecule has 2 aliphatic rings. The lowest BCUT2D eigenvalue weighted by Gasteiger charge is -2.36. The first kappa shape index (κ1) is 24.2. The number of esters is 1. The summed E-state index contributed by atoms with van der Waals surface area (Å²) in [6.45, 7) is 8.76. The van der Waals surface area contributed by atoms with Crippen molar-refractivity contribution >= 4 is 39.6 Å². The van der Waals surface area contributed by atoms with E-state index in [1.807, 2.05) is 11.7 Å². The summed E-state index contributed by atoms with van der Waals surface area (Å²) in [6, 6.07) is 0. The Morgan fingerprint density at radius 2 is 1.82 bits per heavy atom. The van der Waals surface area contributed by atoms with E-state index in [-0.39, 0.29) is 5.97 Å². The molecule has 4 rings (SSSR count). The Hall–Kier alpha value is -1.97. The lowest BCUT2D eigenvalue weighted by atomic mass is 9.96. The zero-order valence-electron chi connectivity index (χ0n) is 20.2. The number of nitrogens with one attached hydrogen (secondary N) is 1. The minimum atomic E-state index is -0.259. The van der Waals surface area contributed by atoms with Crippen LogP contribution in [0.1, 0.15) is 63.4 Å². The standard InChI is InChI=1S/C24H35N5O2S2/c1-16-19(17(2)27(3)26-16)15-28-11-13-29(14-12-28)24(32)25-22-21(23(30)31-4)18-9-7-5-6-8-10-20(18)33-22/h5-15H2,1-4H3,(H,25,32). The monoisotopic (exact) mass is 489 g/mol. The van der Waals surface area contributed by atoms with E-state index in [4.69, 9.17) is 17.0 Å². The minimum Gasteiger partial charge on any atom is -0.465 e. The van der Waals surface area contributed by atoms with E-state index in [0.29, 0.717) is 10.7 Å². The van der Waals surface area contributed by atoms with Crippen molar-refractivity contribution < 1.29 is 9.53 Å². The average molecular weight is 490 g/mol. The van der Waals surface area contributed by atoms with Crippen LogP contribution in [0, 0.1) is 13.8 Å². The number of rotatable bonds is 4. The van der Waals surface area contributed by atoms with Gasteiger partial charge >= 0.3 is 5.97 Å². The Bertz CT molecular complexity index is 1020. The fraction of sp³-hybridized carbons (Fsp3) is 0.625. The van der Waals surface area contributed by atoms with Crippen LogP contribution in [0.5, 0.6) is 0 Å². The Morgan fingerprint density at radius 3 is 2.45 bits per heavy atom. The number of carbonyl (C=O) groups excluding carboxylic acids is 1. The van der Waals surface area contributed by atoms with Crippen molar-refractivity contribution in [2.75, 3.05) is 38.6 Å². The Kier molecular flexibility index (Phi) is 7.71. The lowest BCUT2D eigenvalue weighted by molar-refractivity contribution is 0.0601. The molecule has 0 spiro atoms. The summed E-state index contributed by atoms with van der Waals surface area (Å²) < 4.78 is 7.11. The molecule has 2 aromatic heterocycles. The molecule has 0 saturated carbocycles. The van der Waals surface area contributed by atoms with Crippen LogP contribution in [0.15, 0.2) is 0 Å². The second-order valence-electron chi connectivity index (χ2n) is 9.08. The maximum Gasteiger partial charge on any atom is 0.341 e. The first-order chi connectivity index (χ1) is 15.9. The van der Waals surface area contributed by atoms with Crippen LogP contribution in [0.4, 0.5) is 5.00 Å². The highest BCUT2D eigenvalue weighted by Crippen LogP contribution is 2.37. The number of methoxy groups -OCH3 is 1. The number of piperazine rings is 1. The van der Waals surface area contributed by atoms with Gasteiger partial charge in [-0.3, -0.25) is 9.58 Å². The summed E-state index contributed by atoms with van der Waals surface area (Å²) in [5.41, 5.74) is 5.53. The Balaban J connectivity index is 1.42. The maximum absolute atomic E-state index is 12.7. The molecule has 0 bridgehead atoms. The zero-order chi connectivity index (χ0) is 23.5. The molecule has 2 aromatic rings. The topological polar surface area (TPSA) is 62.6 Å². The van der Waals surface area contributed by atoms with Crippen LogP contribution >= 0.6 is 23.6 Å². The van der Waals surface area contributed by atoms with Crippen molar-refractivity contribution in [2.45, 2.75) is 58.9 Å². The van der Waals surface area contributed by atoms with E-state index in [9.17, 15) is 4.79 Å². The van der Waals surface area contributed by atoms with Gasteiger partial charge in [0.15, 0.2) is 5.11 Å². The molecule has 1 aliphatic carbocycles. The van der Waals surface area contributed by atoms with Crippen LogP contribution in [0.3, 0.4) is 0 Å². The molecular weight excluding hydrogens is 454 g/mol. The molecule has 1 fully saturated rings. The first-order valence-corrected chi connectivity index (χ1v) is 13.1. The molecule has 180 valence electrons. The summed E-state index contributed by atoms with van der Waals surface area (Å²) in [7, 11) is 3.46. The number of carbonyl (C=O) groups is 1. The Labute approximate surface area is 206 Å². The molecule has 1 saturated heterocycles. The van der Waals surface area contributed by atoms with E-state index in [2.05, 4.69) is 34.1 Å². The van der Waals surface area contributed by atoms with Crippen molar-refractivity contribution in [2.24, 2.45) is 7.05 Å². The fourth-order valence-corrected chi connectivity index (χ4v) is 6.51. The normalized spacial score (nSPS) is 17.3. The predicted molar refractivity (Wildman–Crippen MR) is 137 cm³/mol. The number of thiophene rings is 1. The molecule has 7 nitrogen and oxygen atoms in total. The number of ether oxygens (including phenoxy) is 1. The van der Waals surface area contributed by atoms with E-state index in [1.54, 1.807) is 11.3 Å². The number of thiocarbonyl (C=S) groups is 1. The quantitative estimate of drug-likeness (QED) is 0.513. The third kappa shape index (κ3) is 5.25. The van der Waals surface area contributed by atoms with Crippen LogP contribution in [-0.4, -0.2) is 64.0 Å². The summed E-state index contributed by atoms with van der Waals surface area (Å²) in [4.78, 5) is 18.7. The highest BCUT2D eigenvalue weighted by molar-refractivity contribution is 7.80. The van der Waals surface area contributed by atoms with Crippen molar-refractivity contribution in [1.29, 1.82) is 0 Å². The van der Waals surface area contributed by atoms with Gasteiger partial charge in [0.1, 0.15) is 5.00 Å². The van der Waals surface area contributed by atoms with Gasteiger partial charge < -0.3 is 15.0 Å². The molecule has 0 amide bonds. The number of fused-ring (bicyclic) bond motifs is 1. The molecule has 3 heterocycles. The van der Waals surface area contributed by atoms with Crippen LogP contribution in [0.25, 0.3) is 0 Å². The number of anilines is 1. The summed E-state index contributed by atoms with van der Waals surface area (Å²) in [5.74, 6) is -0.259. The minimum absolute atomic E-state index is 0.259. The maximum atomic E-state index is 12.7. The summed E-state index contributed by atoms with van der Waals surface area (Å²) >= 11 is 7.47. The van der Waals surface area contributed by atoms with Gasteiger partial charge in [-0.05, 0) is 57.3 Å².